The maximum Gasteiger partial charge on any atom is 0.311 e. The van der Waals surface area contributed by atoms with E-state index in [1.807, 2.05) is 6.92 Å². The summed E-state index contributed by atoms with van der Waals surface area (Å²) in [5, 5.41) is 19.3. The summed E-state index contributed by atoms with van der Waals surface area (Å²) >= 11 is 0. The summed E-state index contributed by atoms with van der Waals surface area (Å²) < 4.78 is 0. The number of pyridine rings is 1. The number of nitrogens with zero attached hydrogens (tertiary/aromatic N) is 2. The Morgan fingerprint density at radius 2 is 2.10 bits per heavy atom. The third-order valence-electron chi connectivity index (χ3n) is 2.53. The summed E-state index contributed by atoms with van der Waals surface area (Å²) in [5.41, 5.74) is -0.164. The number of anilines is 2. The van der Waals surface area contributed by atoms with Crippen molar-refractivity contribution < 1.29 is 9.72 Å². The Morgan fingerprint density at radius 1 is 1.40 bits per heavy atom. The Bertz CT molecular complexity index is 492. The van der Waals surface area contributed by atoms with Gasteiger partial charge in [0, 0.05) is 19.2 Å². The molecule has 8 nitrogen and oxygen atoms in total. The predicted molar refractivity (Wildman–Crippen MR) is 76.8 cm³/mol. The van der Waals surface area contributed by atoms with Gasteiger partial charge in [-0.3, -0.25) is 14.9 Å². The second kappa shape index (κ2) is 7.27. The van der Waals surface area contributed by atoms with Gasteiger partial charge < -0.3 is 16.0 Å². The normalized spacial score (nSPS) is 11.6. The first-order valence-corrected chi connectivity index (χ1v) is 6.43. The average molecular weight is 281 g/mol. The molecule has 1 amide bonds. The van der Waals surface area contributed by atoms with Gasteiger partial charge in [0.2, 0.25) is 11.7 Å². The summed E-state index contributed by atoms with van der Waals surface area (Å²) in [5.74, 6) is 0.355. The molecule has 1 aromatic rings. The van der Waals surface area contributed by atoms with Crippen molar-refractivity contribution in [2.24, 2.45) is 0 Å². The Hall–Kier alpha value is -2.38. The first kappa shape index (κ1) is 15.7. The van der Waals surface area contributed by atoms with E-state index in [1.165, 1.54) is 12.1 Å². The lowest BCUT2D eigenvalue weighted by Crippen LogP contribution is -2.37. The van der Waals surface area contributed by atoms with Crippen LogP contribution in [0.1, 0.15) is 20.8 Å². The number of amides is 1. The quantitative estimate of drug-likeness (QED) is 0.514. The molecule has 1 rings (SSSR count). The first-order chi connectivity index (χ1) is 9.49. The zero-order valence-corrected chi connectivity index (χ0v) is 11.8. The summed E-state index contributed by atoms with van der Waals surface area (Å²) in [6.45, 7) is 6.47. The molecule has 0 aliphatic carbocycles. The van der Waals surface area contributed by atoms with Crippen LogP contribution in [0.5, 0.6) is 0 Å². The Morgan fingerprint density at radius 3 is 2.65 bits per heavy atom. The van der Waals surface area contributed by atoms with E-state index in [9.17, 15) is 14.9 Å². The summed E-state index contributed by atoms with van der Waals surface area (Å²) in [6.07, 6.45) is 0. The fraction of sp³-hybridized carbons (Fsp3) is 0.500. The van der Waals surface area contributed by atoms with Crippen LogP contribution >= 0.6 is 0 Å². The molecule has 0 aliphatic rings. The van der Waals surface area contributed by atoms with Gasteiger partial charge in [0.05, 0.1) is 4.92 Å². The third kappa shape index (κ3) is 4.08. The number of carbonyl (C=O) groups excluding carboxylic acids is 1. The summed E-state index contributed by atoms with van der Waals surface area (Å²) in [7, 11) is 0. The van der Waals surface area contributed by atoms with Crippen molar-refractivity contribution in [1.82, 2.24) is 10.3 Å². The summed E-state index contributed by atoms with van der Waals surface area (Å²) in [6, 6.07) is 2.28. The number of nitro groups is 1. The molecule has 0 bridgehead atoms. The molecular formula is C12H19N5O3. The van der Waals surface area contributed by atoms with E-state index in [2.05, 4.69) is 20.9 Å². The molecular weight excluding hydrogens is 262 g/mol. The van der Waals surface area contributed by atoms with Crippen molar-refractivity contribution in [1.29, 1.82) is 0 Å². The molecule has 1 heterocycles. The van der Waals surface area contributed by atoms with Crippen LogP contribution in [0, 0.1) is 10.1 Å². The minimum Gasteiger partial charge on any atom is -0.370 e. The molecule has 3 N–H and O–H groups in total. The van der Waals surface area contributed by atoms with Gasteiger partial charge in [0.25, 0.3) is 0 Å². The lowest BCUT2D eigenvalue weighted by atomic mass is 10.3. The molecule has 0 aliphatic heterocycles. The highest BCUT2D eigenvalue weighted by atomic mass is 16.6. The fourth-order valence-electron chi connectivity index (χ4n) is 1.58. The van der Waals surface area contributed by atoms with Crippen LogP contribution in [-0.4, -0.2) is 34.9 Å². The molecule has 20 heavy (non-hydrogen) atoms. The molecule has 8 heteroatoms. The Labute approximate surface area is 117 Å². The first-order valence-electron chi connectivity index (χ1n) is 6.43. The van der Waals surface area contributed by atoms with E-state index in [-0.39, 0.29) is 17.4 Å². The predicted octanol–water partition coefficient (Wildman–Crippen LogP) is 1.36. The second-order valence-corrected chi connectivity index (χ2v) is 4.11. The van der Waals surface area contributed by atoms with E-state index in [4.69, 9.17) is 0 Å². The number of likely N-dealkylation sites (N-methyl/N-ethyl adjacent to an activating group) is 1. The number of hydrogen-bond acceptors (Lipinski definition) is 6. The minimum absolute atomic E-state index is 0.0761. The van der Waals surface area contributed by atoms with Gasteiger partial charge in [0.15, 0.2) is 0 Å². The highest BCUT2D eigenvalue weighted by Gasteiger charge is 2.20. The van der Waals surface area contributed by atoms with Crippen molar-refractivity contribution in [3.05, 3.63) is 22.2 Å². The summed E-state index contributed by atoms with van der Waals surface area (Å²) in [4.78, 5) is 26.2. The molecule has 0 saturated heterocycles. The van der Waals surface area contributed by atoms with Gasteiger partial charge >= 0.3 is 5.69 Å². The van der Waals surface area contributed by atoms with Crippen LogP contribution in [0.15, 0.2) is 12.1 Å². The number of rotatable bonds is 7. The van der Waals surface area contributed by atoms with Crippen LogP contribution in [0.2, 0.25) is 0 Å². The molecule has 0 radical (unpaired) electrons. The van der Waals surface area contributed by atoms with Gasteiger partial charge in [-0.15, -0.1) is 0 Å². The maximum atomic E-state index is 11.7. The van der Waals surface area contributed by atoms with Crippen LogP contribution < -0.4 is 16.0 Å². The van der Waals surface area contributed by atoms with E-state index in [0.29, 0.717) is 18.9 Å². The highest BCUT2D eigenvalue weighted by molar-refractivity contribution is 5.84. The molecule has 1 atom stereocenters. The lowest BCUT2D eigenvalue weighted by molar-refractivity contribution is -0.384. The highest BCUT2D eigenvalue weighted by Crippen LogP contribution is 2.24. The Balaban J connectivity index is 2.97. The van der Waals surface area contributed by atoms with Crippen LogP contribution in [0.4, 0.5) is 17.3 Å². The number of hydrogen-bond donors (Lipinski definition) is 3. The molecule has 0 spiro atoms. The van der Waals surface area contributed by atoms with Crippen LogP contribution in [0.3, 0.4) is 0 Å². The molecule has 1 unspecified atom stereocenters. The number of nitrogens with one attached hydrogen (secondary N) is 3. The Kier molecular flexibility index (Phi) is 5.70. The number of carbonyl (C=O) groups is 1. The smallest absolute Gasteiger partial charge is 0.311 e. The number of aromatic nitrogens is 1. The molecule has 0 aromatic carbocycles. The lowest BCUT2D eigenvalue weighted by Gasteiger charge is -2.14. The maximum absolute atomic E-state index is 11.7. The van der Waals surface area contributed by atoms with Crippen LogP contribution in [-0.2, 0) is 4.79 Å². The van der Waals surface area contributed by atoms with E-state index in [1.54, 1.807) is 13.8 Å². The van der Waals surface area contributed by atoms with Gasteiger partial charge in [0.1, 0.15) is 11.9 Å². The fourth-order valence-corrected chi connectivity index (χ4v) is 1.58. The minimum atomic E-state index is -0.613. The SMILES string of the molecule is CCNC(=O)C(C)Nc1nc(NCC)ccc1[N+](=O)[O-]. The van der Waals surface area contributed by atoms with Crippen LogP contribution in [0.25, 0.3) is 0 Å². The van der Waals surface area contributed by atoms with Crippen molar-refractivity contribution in [2.75, 3.05) is 23.7 Å². The van der Waals surface area contributed by atoms with Gasteiger partial charge in [-0.1, -0.05) is 0 Å². The van der Waals surface area contributed by atoms with Gasteiger partial charge in [-0.2, -0.15) is 0 Å². The van der Waals surface area contributed by atoms with Gasteiger partial charge in [-0.05, 0) is 26.8 Å². The molecule has 1 aromatic heterocycles. The molecule has 110 valence electrons. The topological polar surface area (TPSA) is 109 Å². The van der Waals surface area contributed by atoms with E-state index in [0.717, 1.165) is 0 Å². The van der Waals surface area contributed by atoms with Gasteiger partial charge in [-0.25, -0.2) is 4.98 Å². The monoisotopic (exact) mass is 281 g/mol. The van der Waals surface area contributed by atoms with E-state index >= 15 is 0 Å². The van der Waals surface area contributed by atoms with Crippen molar-refractivity contribution in [3.63, 3.8) is 0 Å². The van der Waals surface area contributed by atoms with E-state index < -0.39 is 11.0 Å². The van der Waals surface area contributed by atoms with Crippen molar-refractivity contribution in [3.8, 4) is 0 Å². The average Bonchev–Trinajstić information content (AvgIpc) is 2.39. The second-order valence-electron chi connectivity index (χ2n) is 4.11. The molecule has 0 fully saturated rings. The molecule has 0 saturated carbocycles. The standard InChI is InChI=1S/C12H19N5O3/c1-4-13-10-7-6-9(17(19)20)11(16-10)15-8(3)12(18)14-5-2/h6-8H,4-5H2,1-3H3,(H,14,18)(H2,13,15,16). The largest absolute Gasteiger partial charge is 0.370 e. The van der Waals surface area contributed by atoms with Crippen molar-refractivity contribution in [2.45, 2.75) is 26.8 Å². The third-order valence-corrected chi connectivity index (χ3v) is 2.53. The van der Waals surface area contributed by atoms with Crippen molar-refractivity contribution >= 4 is 23.2 Å². The zero-order chi connectivity index (χ0) is 15.1. The zero-order valence-electron chi connectivity index (χ0n) is 11.8.